The standard InChI is InChI=1S/C28H33ClF3N5O5/c1-27(26(40)41)11-4-3-6-17(27)25(39)37-13-10-16-18(29)8-9-21(23(16)20(37)14-36-12-5-7-22(36)38)42-15-19-24(28(30,31)32)35(2)34-33-19/h8-9,17,20H,3-7,10-15H2,1-2H3,(H,40,41)/t17-,20+,27-/m0/s1. The molecular weight excluding hydrogens is 579 g/mol. The van der Waals surface area contributed by atoms with Gasteiger partial charge >= 0.3 is 12.1 Å². The van der Waals surface area contributed by atoms with Gasteiger partial charge in [-0.15, -0.1) is 5.10 Å². The molecule has 0 spiro atoms. The fourth-order valence-corrected chi connectivity index (χ4v) is 6.90. The van der Waals surface area contributed by atoms with E-state index in [0.717, 1.165) is 13.5 Å². The molecule has 2 fully saturated rings. The van der Waals surface area contributed by atoms with Gasteiger partial charge in [0.2, 0.25) is 11.8 Å². The number of likely N-dealkylation sites (tertiary alicyclic amines) is 1. The molecule has 1 saturated heterocycles. The van der Waals surface area contributed by atoms with Gasteiger partial charge in [0.1, 0.15) is 18.1 Å². The maximum absolute atomic E-state index is 14.2. The molecular formula is C28H33ClF3N5O5. The average Bonchev–Trinajstić information content (AvgIpc) is 3.52. The van der Waals surface area contributed by atoms with Crippen molar-refractivity contribution in [1.82, 2.24) is 24.8 Å². The lowest BCUT2D eigenvalue weighted by Gasteiger charge is -2.45. The van der Waals surface area contributed by atoms with Gasteiger partial charge in [-0.1, -0.05) is 29.7 Å². The van der Waals surface area contributed by atoms with E-state index in [-0.39, 0.29) is 30.7 Å². The highest BCUT2D eigenvalue weighted by atomic mass is 35.5. The molecule has 1 aliphatic carbocycles. The van der Waals surface area contributed by atoms with Crippen LogP contribution >= 0.6 is 11.6 Å². The van der Waals surface area contributed by atoms with E-state index >= 15 is 0 Å². The second-order valence-electron chi connectivity index (χ2n) is 11.5. The van der Waals surface area contributed by atoms with Crippen molar-refractivity contribution in [2.45, 2.75) is 70.7 Å². The van der Waals surface area contributed by atoms with Crippen molar-refractivity contribution < 1.29 is 37.4 Å². The van der Waals surface area contributed by atoms with Crippen molar-refractivity contribution >= 4 is 29.4 Å². The van der Waals surface area contributed by atoms with Crippen LogP contribution in [0, 0.1) is 11.3 Å². The molecule has 3 aliphatic rings. The van der Waals surface area contributed by atoms with Gasteiger partial charge in [-0.3, -0.25) is 14.4 Å². The lowest BCUT2D eigenvalue weighted by atomic mass is 9.66. The monoisotopic (exact) mass is 611 g/mol. The van der Waals surface area contributed by atoms with Crippen molar-refractivity contribution in [2.24, 2.45) is 18.4 Å². The summed E-state index contributed by atoms with van der Waals surface area (Å²) in [6.45, 7) is 1.94. The Morgan fingerprint density at radius 3 is 2.62 bits per heavy atom. The SMILES string of the molecule is Cn1nnc(COc2ccc(Cl)c3c2[C@@H](CN2CCCC2=O)N(C(=O)[C@@H]2CCCC[C@]2(C)C(=O)O)CC3)c1C(F)(F)F. The number of carbonyl (C=O) groups is 3. The third-order valence-corrected chi connectivity index (χ3v) is 9.30. The van der Waals surface area contributed by atoms with Gasteiger partial charge < -0.3 is 19.6 Å². The number of hydrogen-bond acceptors (Lipinski definition) is 6. The summed E-state index contributed by atoms with van der Waals surface area (Å²) in [5.41, 5.74) is -1.49. The minimum Gasteiger partial charge on any atom is -0.487 e. The Kier molecular flexibility index (Phi) is 8.16. The van der Waals surface area contributed by atoms with Crippen LogP contribution in [-0.4, -0.2) is 67.3 Å². The number of aromatic nitrogens is 3. The number of carboxylic acid groups (broad SMARTS) is 1. The summed E-state index contributed by atoms with van der Waals surface area (Å²) in [5, 5.41) is 17.6. The van der Waals surface area contributed by atoms with Crippen molar-refractivity contribution in [1.29, 1.82) is 0 Å². The molecule has 1 N–H and O–H groups in total. The number of amides is 2. The van der Waals surface area contributed by atoms with Crippen LogP contribution in [0.5, 0.6) is 5.75 Å². The van der Waals surface area contributed by atoms with Gasteiger partial charge in [-0.25, -0.2) is 4.68 Å². The highest BCUT2D eigenvalue weighted by Crippen LogP contribution is 2.46. The third-order valence-electron chi connectivity index (χ3n) is 8.94. The molecule has 10 nitrogen and oxygen atoms in total. The Morgan fingerprint density at radius 1 is 1.19 bits per heavy atom. The maximum atomic E-state index is 14.2. The fourth-order valence-electron chi connectivity index (χ4n) is 6.64. The lowest BCUT2D eigenvalue weighted by molar-refractivity contribution is -0.162. The summed E-state index contributed by atoms with van der Waals surface area (Å²) < 4.78 is 47.6. The zero-order valence-corrected chi connectivity index (χ0v) is 24.2. The Bertz CT molecular complexity index is 1400. The van der Waals surface area contributed by atoms with Crippen LogP contribution in [-0.2, 0) is 40.6 Å². The van der Waals surface area contributed by atoms with E-state index in [1.54, 1.807) is 28.9 Å². The van der Waals surface area contributed by atoms with Crippen LogP contribution in [0.4, 0.5) is 13.2 Å². The van der Waals surface area contributed by atoms with Gasteiger partial charge in [-0.05, 0) is 50.3 Å². The third kappa shape index (κ3) is 5.43. The maximum Gasteiger partial charge on any atom is 0.435 e. The smallest absolute Gasteiger partial charge is 0.435 e. The second-order valence-corrected chi connectivity index (χ2v) is 11.9. The van der Waals surface area contributed by atoms with E-state index < -0.39 is 47.5 Å². The molecule has 1 aromatic carbocycles. The van der Waals surface area contributed by atoms with Crippen molar-refractivity contribution in [3.05, 3.63) is 39.7 Å². The van der Waals surface area contributed by atoms with Crippen molar-refractivity contribution in [3.63, 3.8) is 0 Å². The van der Waals surface area contributed by atoms with Crippen LogP contribution in [0.2, 0.25) is 5.02 Å². The van der Waals surface area contributed by atoms with E-state index in [1.807, 2.05) is 0 Å². The van der Waals surface area contributed by atoms with E-state index in [1.165, 1.54) is 0 Å². The first kappa shape index (κ1) is 30.1. The molecule has 3 heterocycles. The molecule has 1 saturated carbocycles. The predicted molar refractivity (Wildman–Crippen MR) is 143 cm³/mol. The van der Waals surface area contributed by atoms with E-state index in [2.05, 4.69) is 10.3 Å². The molecule has 5 rings (SSSR count). The summed E-state index contributed by atoms with van der Waals surface area (Å²) in [4.78, 5) is 42.5. The summed E-state index contributed by atoms with van der Waals surface area (Å²) in [6, 6.07) is 2.40. The Hall–Kier alpha value is -3.35. The number of nitrogens with zero attached hydrogens (tertiary/aromatic N) is 5. The number of carboxylic acids is 1. The molecule has 0 radical (unpaired) electrons. The van der Waals surface area contributed by atoms with E-state index in [0.29, 0.717) is 65.9 Å². The number of ether oxygens (including phenoxy) is 1. The van der Waals surface area contributed by atoms with Crippen molar-refractivity contribution in [3.8, 4) is 5.75 Å². The topological polar surface area (TPSA) is 118 Å². The molecule has 228 valence electrons. The van der Waals surface area contributed by atoms with Gasteiger partial charge in [0.15, 0.2) is 5.69 Å². The molecule has 2 aromatic rings. The summed E-state index contributed by atoms with van der Waals surface area (Å²) in [6.07, 6.45) is -1.11. The first-order valence-electron chi connectivity index (χ1n) is 14.0. The zero-order valence-electron chi connectivity index (χ0n) is 23.4. The number of alkyl halides is 3. The lowest BCUT2D eigenvalue weighted by Crippen LogP contribution is -2.52. The molecule has 0 unspecified atom stereocenters. The minimum absolute atomic E-state index is 0.0681. The normalized spacial score (nSPS) is 24.6. The number of fused-ring (bicyclic) bond motifs is 1. The summed E-state index contributed by atoms with van der Waals surface area (Å²) in [7, 11) is 1.15. The molecule has 1 aromatic heterocycles. The highest BCUT2D eigenvalue weighted by molar-refractivity contribution is 6.31. The Balaban J connectivity index is 1.54. The fraction of sp³-hybridized carbons (Fsp3) is 0.607. The highest BCUT2D eigenvalue weighted by Gasteiger charge is 2.50. The molecule has 0 bridgehead atoms. The number of aliphatic carboxylic acids is 1. The Labute approximate surface area is 245 Å². The zero-order chi connectivity index (χ0) is 30.4. The number of benzene rings is 1. The van der Waals surface area contributed by atoms with Gasteiger partial charge in [-0.2, -0.15) is 13.2 Å². The van der Waals surface area contributed by atoms with Crippen LogP contribution in [0.25, 0.3) is 0 Å². The van der Waals surface area contributed by atoms with Crippen LogP contribution in [0.15, 0.2) is 12.1 Å². The van der Waals surface area contributed by atoms with Gasteiger partial charge in [0.25, 0.3) is 0 Å². The molecule has 3 atom stereocenters. The van der Waals surface area contributed by atoms with Crippen LogP contribution in [0.3, 0.4) is 0 Å². The molecule has 42 heavy (non-hydrogen) atoms. The summed E-state index contributed by atoms with van der Waals surface area (Å²) in [5.74, 6) is -1.96. The largest absolute Gasteiger partial charge is 0.487 e. The van der Waals surface area contributed by atoms with Gasteiger partial charge in [0, 0.05) is 43.7 Å². The Morgan fingerprint density at radius 2 is 1.95 bits per heavy atom. The van der Waals surface area contributed by atoms with Crippen LogP contribution in [0.1, 0.15) is 74.0 Å². The first-order valence-corrected chi connectivity index (χ1v) is 14.4. The number of carbonyl (C=O) groups excluding carboxylic acids is 2. The van der Waals surface area contributed by atoms with Crippen molar-refractivity contribution in [2.75, 3.05) is 19.6 Å². The quantitative estimate of drug-likeness (QED) is 0.493. The number of rotatable bonds is 7. The second kappa shape index (κ2) is 11.4. The van der Waals surface area contributed by atoms with Gasteiger partial charge in [0.05, 0.1) is 17.4 Å². The number of halogens is 4. The van der Waals surface area contributed by atoms with E-state index in [9.17, 15) is 32.7 Å². The average molecular weight is 612 g/mol. The number of hydrogen-bond donors (Lipinski definition) is 1. The van der Waals surface area contributed by atoms with E-state index in [4.69, 9.17) is 16.3 Å². The predicted octanol–water partition coefficient (Wildman–Crippen LogP) is 4.40. The molecule has 2 amide bonds. The van der Waals surface area contributed by atoms with Crippen LogP contribution < -0.4 is 4.74 Å². The first-order chi connectivity index (χ1) is 19.8. The molecule has 2 aliphatic heterocycles. The number of aryl methyl sites for hydroxylation is 1. The summed E-state index contributed by atoms with van der Waals surface area (Å²) >= 11 is 6.60. The molecule has 14 heteroatoms. The minimum atomic E-state index is -4.70.